The smallest absolute Gasteiger partial charge is 0.333 e. The van der Waals surface area contributed by atoms with Crippen molar-refractivity contribution in [1.82, 2.24) is 0 Å². The highest BCUT2D eigenvalue weighted by molar-refractivity contribution is 5.91. The minimum atomic E-state index is -1.79. The summed E-state index contributed by atoms with van der Waals surface area (Å²) in [6.45, 7) is 0. The topological polar surface area (TPSA) is 87.1 Å². The van der Waals surface area contributed by atoms with Crippen molar-refractivity contribution in [2.45, 2.75) is 5.41 Å². The van der Waals surface area contributed by atoms with Crippen LogP contribution in [0.15, 0.2) is 54.6 Å². The molecule has 0 bridgehead atoms. The van der Waals surface area contributed by atoms with E-state index >= 15 is 0 Å². The van der Waals surface area contributed by atoms with Gasteiger partial charge in [0.2, 0.25) is 5.41 Å². The molecule has 0 aromatic heterocycles. The van der Waals surface area contributed by atoms with Gasteiger partial charge in [-0.15, -0.1) is 0 Å². The summed E-state index contributed by atoms with van der Waals surface area (Å²) in [6.07, 6.45) is 0. The molecule has 0 spiro atoms. The number of para-hydroxylation sites is 1. The zero-order valence-corrected chi connectivity index (χ0v) is 10.1. The maximum Gasteiger partial charge on any atom is 0.333 e. The van der Waals surface area contributed by atoms with Gasteiger partial charge < -0.3 is 10.8 Å². The van der Waals surface area contributed by atoms with E-state index in [9.17, 15) is 15.2 Å². The highest BCUT2D eigenvalue weighted by atomic mass is 16.4. The number of nitrogens with two attached hydrogens (primary N) is 1. The first-order valence-corrected chi connectivity index (χ1v) is 5.68. The second kappa shape index (κ2) is 4.83. The molecular formula is C15H12N2O2. The summed E-state index contributed by atoms with van der Waals surface area (Å²) in [7, 11) is 0. The van der Waals surface area contributed by atoms with Gasteiger partial charge in [-0.1, -0.05) is 48.5 Å². The highest BCUT2D eigenvalue weighted by Crippen LogP contribution is 2.35. The quantitative estimate of drug-likeness (QED) is 0.819. The van der Waals surface area contributed by atoms with Crippen LogP contribution in [-0.2, 0) is 10.2 Å². The van der Waals surface area contributed by atoms with E-state index < -0.39 is 11.4 Å². The van der Waals surface area contributed by atoms with E-state index in [2.05, 4.69) is 0 Å². The summed E-state index contributed by atoms with van der Waals surface area (Å²) in [4.78, 5) is 11.7. The summed E-state index contributed by atoms with van der Waals surface area (Å²) in [5.74, 6) is -1.24. The molecule has 19 heavy (non-hydrogen) atoms. The number of carboxylic acids is 1. The standard InChI is InChI=1S/C15H12N2O2/c16-10-15(14(18)19,11-6-2-1-3-7-11)12-8-4-5-9-13(12)17/h1-9H,17H2,(H,18,19). The Hall–Kier alpha value is -2.80. The SMILES string of the molecule is N#CC(C(=O)O)(c1ccccc1)c1ccccc1N. The fraction of sp³-hybridized carbons (Fsp3) is 0.0667. The van der Waals surface area contributed by atoms with Crippen molar-refractivity contribution in [3.05, 3.63) is 65.7 Å². The van der Waals surface area contributed by atoms with Crippen molar-refractivity contribution in [2.75, 3.05) is 5.73 Å². The van der Waals surface area contributed by atoms with Crippen LogP contribution in [-0.4, -0.2) is 11.1 Å². The van der Waals surface area contributed by atoms with Crippen LogP contribution in [0.5, 0.6) is 0 Å². The van der Waals surface area contributed by atoms with Crippen LogP contribution in [0, 0.1) is 11.3 Å². The predicted molar refractivity (Wildman–Crippen MR) is 71.3 cm³/mol. The van der Waals surface area contributed by atoms with Crippen molar-refractivity contribution in [3.8, 4) is 6.07 Å². The first-order chi connectivity index (χ1) is 9.13. The molecule has 2 aromatic carbocycles. The lowest BCUT2D eigenvalue weighted by atomic mass is 9.75. The van der Waals surface area contributed by atoms with Gasteiger partial charge in [0.25, 0.3) is 0 Å². The Kier molecular flexibility index (Phi) is 3.21. The predicted octanol–water partition coefficient (Wildman–Crippen LogP) is 2.16. The van der Waals surface area contributed by atoms with Crippen LogP contribution in [0.25, 0.3) is 0 Å². The lowest BCUT2D eigenvalue weighted by Crippen LogP contribution is -2.36. The van der Waals surface area contributed by atoms with Gasteiger partial charge in [0.15, 0.2) is 0 Å². The lowest BCUT2D eigenvalue weighted by Gasteiger charge is -2.24. The van der Waals surface area contributed by atoms with Gasteiger partial charge in [-0.3, -0.25) is 0 Å². The molecule has 0 heterocycles. The maximum atomic E-state index is 11.7. The third-order valence-electron chi connectivity index (χ3n) is 3.06. The van der Waals surface area contributed by atoms with Gasteiger partial charge in [-0.2, -0.15) is 5.26 Å². The molecule has 2 rings (SSSR count). The number of nitriles is 1. The van der Waals surface area contributed by atoms with Crippen LogP contribution in [0.1, 0.15) is 11.1 Å². The van der Waals surface area contributed by atoms with Crippen molar-refractivity contribution in [1.29, 1.82) is 5.26 Å². The van der Waals surface area contributed by atoms with Crippen LogP contribution in [0.4, 0.5) is 5.69 Å². The van der Waals surface area contributed by atoms with Crippen molar-refractivity contribution < 1.29 is 9.90 Å². The third kappa shape index (κ3) is 1.91. The molecule has 0 saturated heterocycles. The van der Waals surface area contributed by atoms with Gasteiger partial charge in [-0.05, 0) is 11.6 Å². The second-order valence-corrected chi connectivity index (χ2v) is 4.12. The largest absolute Gasteiger partial charge is 0.480 e. The van der Waals surface area contributed by atoms with Crippen LogP contribution in [0.2, 0.25) is 0 Å². The number of nitrogens with zero attached hydrogens (tertiary/aromatic N) is 1. The molecule has 1 unspecified atom stereocenters. The van der Waals surface area contributed by atoms with E-state index in [0.29, 0.717) is 5.56 Å². The maximum absolute atomic E-state index is 11.7. The molecule has 0 fully saturated rings. The zero-order chi connectivity index (χ0) is 13.9. The van der Waals surface area contributed by atoms with Gasteiger partial charge in [0, 0.05) is 11.3 Å². The number of hydrogen-bond acceptors (Lipinski definition) is 3. The zero-order valence-electron chi connectivity index (χ0n) is 10.1. The summed E-state index contributed by atoms with van der Waals surface area (Å²) >= 11 is 0. The number of aliphatic carboxylic acids is 1. The molecule has 0 saturated carbocycles. The van der Waals surface area contributed by atoms with Gasteiger partial charge in [0.05, 0.1) is 6.07 Å². The van der Waals surface area contributed by atoms with E-state index in [1.807, 2.05) is 6.07 Å². The van der Waals surface area contributed by atoms with Gasteiger partial charge in [0.1, 0.15) is 0 Å². The average Bonchev–Trinajstić information content (AvgIpc) is 2.43. The number of carboxylic acid groups (broad SMARTS) is 1. The fourth-order valence-electron chi connectivity index (χ4n) is 2.09. The van der Waals surface area contributed by atoms with Gasteiger partial charge in [-0.25, -0.2) is 4.79 Å². The molecule has 94 valence electrons. The van der Waals surface area contributed by atoms with Crippen LogP contribution < -0.4 is 5.73 Å². The molecule has 0 aliphatic rings. The van der Waals surface area contributed by atoms with Crippen molar-refractivity contribution in [3.63, 3.8) is 0 Å². The molecule has 2 aromatic rings. The van der Waals surface area contributed by atoms with Crippen molar-refractivity contribution >= 4 is 11.7 Å². The minimum Gasteiger partial charge on any atom is -0.480 e. The first kappa shape index (κ1) is 12.7. The Morgan fingerprint density at radius 2 is 1.68 bits per heavy atom. The Bertz CT molecular complexity index is 647. The van der Waals surface area contributed by atoms with Crippen molar-refractivity contribution in [2.24, 2.45) is 0 Å². The molecular weight excluding hydrogens is 240 g/mol. The summed E-state index contributed by atoms with van der Waals surface area (Å²) in [6, 6.07) is 16.8. The minimum absolute atomic E-state index is 0.287. The number of benzene rings is 2. The number of rotatable bonds is 3. The molecule has 0 radical (unpaired) electrons. The number of nitrogen functional groups attached to an aromatic ring is 1. The molecule has 0 aliphatic heterocycles. The molecule has 0 aliphatic carbocycles. The van der Waals surface area contributed by atoms with E-state index in [-0.39, 0.29) is 11.3 Å². The Labute approximate surface area is 110 Å². The number of hydrogen-bond donors (Lipinski definition) is 2. The van der Waals surface area contributed by atoms with Crippen LogP contribution in [0.3, 0.4) is 0 Å². The summed E-state index contributed by atoms with van der Waals surface area (Å²) < 4.78 is 0. The van der Waals surface area contributed by atoms with E-state index in [1.54, 1.807) is 54.6 Å². The average molecular weight is 252 g/mol. The number of carbonyl (C=O) groups is 1. The normalized spacial score (nSPS) is 13.2. The first-order valence-electron chi connectivity index (χ1n) is 5.68. The lowest BCUT2D eigenvalue weighted by molar-refractivity contribution is -0.140. The Morgan fingerprint density at radius 1 is 1.11 bits per heavy atom. The molecule has 3 N–H and O–H groups in total. The summed E-state index contributed by atoms with van der Waals surface area (Å²) in [5.41, 5.74) is 5.02. The Morgan fingerprint density at radius 3 is 2.21 bits per heavy atom. The highest BCUT2D eigenvalue weighted by Gasteiger charge is 2.44. The summed E-state index contributed by atoms with van der Waals surface area (Å²) in [5, 5.41) is 19.1. The monoisotopic (exact) mass is 252 g/mol. The number of anilines is 1. The van der Waals surface area contributed by atoms with E-state index in [1.165, 1.54) is 0 Å². The fourth-order valence-corrected chi connectivity index (χ4v) is 2.09. The van der Waals surface area contributed by atoms with Gasteiger partial charge >= 0.3 is 5.97 Å². The Balaban J connectivity index is 2.78. The molecule has 1 atom stereocenters. The molecule has 4 heteroatoms. The van der Waals surface area contributed by atoms with E-state index in [4.69, 9.17) is 5.73 Å². The third-order valence-corrected chi connectivity index (χ3v) is 3.06. The van der Waals surface area contributed by atoms with E-state index in [0.717, 1.165) is 0 Å². The second-order valence-electron chi connectivity index (χ2n) is 4.12. The molecule has 0 amide bonds. The van der Waals surface area contributed by atoms with Crippen LogP contribution >= 0.6 is 0 Å². The molecule has 4 nitrogen and oxygen atoms in total.